The molecule has 0 spiro atoms. The summed E-state index contributed by atoms with van der Waals surface area (Å²) in [6.45, 7) is 6.04. The van der Waals surface area contributed by atoms with Crippen molar-refractivity contribution < 1.29 is 9.50 Å². The third-order valence-electron chi connectivity index (χ3n) is 3.85. The zero-order valence-corrected chi connectivity index (χ0v) is 12.2. The Bertz CT molecular complexity index is 419. The monoisotopic (exact) mass is 280 g/mol. The van der Waals surface area contributed by atoms with E-state index in [1.54, 1.807) is 6.07 Å². The van der Waals surface area contributed by atoms with Crippen LogP contribution in [-0.4, -0.2) is 35.7 Å². The van der Waals surface area contributed by atoms with Gasteiger partial charge in [0.1, 0.15) is 0 Å². The van der Waals surface area contributed by atoms with Crippen molar-refractivity contribution in [3.05, 3.63) is 29.6 Å². The molecule has 2 N–H and O–H groups in total. The molecule has 20 heavy (non-hydrogen) atoms. The minimum absolute atomic E-state index is 0.273. The molecule has 0 radical (unpaired) electrons. The maximum Gasteiger partial charge on any atom is 0.165 e. The van der Waals surface area contributed by atoms with Crippen LogP contribution >= 0.6 is 0 Å². The van der Waals surface area contributed by atoms with Gasteiger partial charge in [-0.2, -0.15) is 0 Å². The summed E-state index contributed by atoms with van der Waals surface area (Å²) in [5, 5.41) is 12.8. The van der Waals surface area contributed by atoms with Crippen LogP contribution in [0.2, 0.25) is 0 Å². The summed E-state index contributed by atoms with van der Waals surface area (Å²) in [6.07, 6.45) is 4.89. The highest BCUT2D eigenvalue weighted by atomic mass is 19.1. The van der Waals surface area contributed by atoms with Crippen molar-refractivity contribution in [2.45, 2.75) is 45.2 Å². The summed E-state index contributed by atoms with van der Waals surface area (Å²) in [7, 11) is 0. The number of phenolic OH excluding ortho intramolecular Hbond substituents is 1. The van der Waals surface area contributed by atoms with Gasteiger partial charge in [-0.1, -0.05) is 19.4 Å². The molecule has 1 aromatic carbocycles. The van der Waals surface area contributed by atoms with E-state index in [1.165, 1.54) is 31.4 Å². The van der Waals surface area contributed by atoms with Crippen LogP contribution in [0.3, 0.4) is 0 Å². The molecule has 112 valence electrons. The molecule has 0 aliphatic carbocycles. The minimum Gasteiger partial charge on any atom is -0.505 e. The van der Waals surface area contributed by atoms with Gasteiger partial charge in [0, 0.05) is 19.1 Å². The van der Waals surface area contributed by atoms with Gasteiger partial charge in [-0.3, -0.25) is 4.90 Å². The molecule has 4 heteroatoms. The van der Waals surface area contributed by atoms with E-state index < -0.39 is 5.82 Å². The van der Waals surface area contributed by atoms with E-state index in [9.17, 15) is 9.50 Å². The van der Waals surface area contributed by atoms with Crippen LogP contribution in [0.4, 0.5) is 4.39 Å². The summed E-state index contributed by atoms with van der Waals surface area (Å²) in [5.74, 6) is -0.806. The predicted octanol–water partition coefficient (Wildman–Crippen LogP) is 2.89. The standard InChI is InChI=1S/C16H25FN2O/c1-2-9-19(12-14-5-3-4-8-18-14)11-13-6-7-16(20)15(17)10-13/h6-7,10,14,18,20H,2-5,8-9,11-12H2,1H3. The highest BCUT2D eigenvalue weighted by Gasteiger charge is 2.16. The van der Waals surface area contributed by atoms with E-state index in [0.717, 1.165) is 38.2 Å². The van der Waals surface area contributed by atoms with E-state index in [4.69, 9.17) is 0 Å². The first-order valence-electron chi connectivity index (χ1n) is 7.62. The fourth-order valence-electron chi connectivity index (χ4n) is 2.85. The average Bonchev–Trinajstić information content (AvgIpc) is 2.44. The lowest BCUT2D eigenvalue weighted by atomic mass is 10.0. The predicted molar refractivity (Wildman–Crippen MR) is 79.3 cm³/mol. The van der Waals surface area contributed by atoms with E-state index in [-0.39, 0.29) is 5.75 Å². The van der Waals surface area contributed by atoms with E-state index in [0.29, 0.717) is 6.04 Å². The molecule has 1 fully saturated rings. The van der Waals surface area contributed by atoms with Gasteiger partial charge < -0.3 is 10.4 Å². The topological polar surface area (TPSA) is 35.5 Å². The van der Waals surface area contributed by atoms with Crippen LogP contribution in [0.25, 0.3) is 0 Å². The third kappa shape index (κ3) is 4.46. The van der Waals surface area contributed by atoms with Crippen LogP contribution in [0.5, 0.6) is 5.75 Å². The highest BCUT2D eigenvalue weighted by molar-refractivity contribution is 5.27. The number of rotatable bonds is 6. The lowest BCUT2D eigenvalue weighted by Crippen LogP contribution is -2.43. The molecular formula is C16H25FN2O. The number of nitrogens with zero attached hydrogens (tertiary/aromatic N) is 1. The number of hydrogen-bond acceptors (Lipinski definition) is 3. The molecule has 1 saturated heterocycles. The number of nitrogens with one attached hydrogen (secondary N) is 1. The van der Waals surface area contributed by atoms with Gasteiger partial charge in [0.2, 0.25) is 0 Å². The van der Waals surface area contributed by atoms with Gasteiger partial charge in [0.15, 0.2) is 11.6 Å². The normalized spacial score (nSPS) is 19.4. The maximum atomic E-state index is 13.4. The lowest BCUT2D eigenvalue weighted by molar-refractivity contribution is 0.217. The second-order valence-corrected chi connectivity index (χ2v) is 5.67. The van der Waals surface area contributed by atoms with Gasteiger partial charge in [-0.15, -0.1) is 0 Å². The van der Waals surface area contributed by atoms with Crippen LogP contribution in [-0.2, 0) is 6.54 Å². The van der Waals surface area contributed by atoms with Crippen molar-refractivity contribution in [1.29, 1.82) is 0 Å². The summed E-state index contributed by atoms with van der Waals surface area (Å²) in [5.41, 5.74) is 0.921. The van der Waals surface area contributed by atoms with Crippen molar-refractivity contribution in [1.82, 2.24) is 10.2 Å². The van der Waals surface area contributed by atoms with Gasteiger partial charge in [0.25, 0.3) is 0 Å². The van der Waals surface area contributed by atoms with Gasteiger partial charge >= 0.3 is 0 Å². The number of hydrogen-bond donors (Lipinski definition) is 2. The quantitative estimate of drug-likeness (QED) is 0.841. The molecule has 1 aromatic rings. The molecule has 0 bridgehead atoms. The molecule has 2 rings (SSSR count). The summed E-state index contributed by atoms with van der Waals surface area (Å²) in [4.78, 5) is 2.37. The van der Waals surface area contributed by atoms with Crippen LogP contribution in [0.1, 0.15) is 38.2 Å². The molecular weight excluding hydrogens is 255 g/mol. The number of aromatic hydroxyl groups is 1. The van der Waals surface area contributed by atoms with E-state index >= 15 is 0 Å². The smallest absolute Gasteiger partial charge is 0.165 e. The summed E-state index contributed by atoms with van der Waals surface area (Å²) in [6, 6.07) is 5.23. The molecule has 1 aliphatic heterocycles. The Balaban J connectivity index is 1.94. The molecule has 0 aromatic heterocycles. The molecule has 1 heterocycles. The zero-order chi connectivity index (χ0) is 14.4. The largest absolute Gasteiger partial charge is 0.505 e. The number of phenols is 1. The number of halogens is 1. The summed E-state index contributed by atoms with van der Waals surface area (Å²) < 4.78 is 13.4. The van der Waals surface area contributed by atoms with E-state index in [1.807, 2.05) is 0 Å². The molecule has 3 nitrogen and oxygen atoms in total. The van der Waals surface area contributed by atoms with E-state index in [2.05, 4.69) is 17.1 Å². The Kier molecular flexibility index (Phi) is 5.80. The minimum atomic E-state index is -0.533. The van der Waals surface area contributed by atoms with Gasteiger partial charge in [0.05, 0.1) is 0 Å². The van der Waals surface area contributed by atoms with Gasteiger partial charge in [-0.25, -0.2) is 4.39 Å². The molecule has 0 saturated carbocycles. The Hall–Kier alpha value is -1.13. The second-order valence-electron chi connectivity index (χ2n) is 5.67. The number of piperidine rings is 1. The highest BCUT2D eigenvalue weighted by Crippen LogP contribution is 2.18. The molecule has 0 amide bonds. The van der Waals surface area contributed by atoms with Crippen LogP contribution < -0.4 is 5.32 Å². The fourth-order valence-corrected chi connectivity index (χ4v) is 2.85. The van der Waals surface area contributed by atoms with Crippen molar-refractivity contribution in [2.75, 3.05) is 19.6 Å². The maximum absolute atomic E-state index is 13.4. The average molecular weight is 280 g/mol. The first-order valence-corrected chi connectivity index (χ1v) is 7.62. The van der Waals surface area contributed by atoms with Crippen molar-refractivity contribution in [3.63, 3.8) is 0 Å². The Morgan fingerprint density at radius 2 is 2.25 bits per heavy atom. The summed E-state index contributed by atoms with van der Waals surface area (Å²) >= 11 is 0. The second kappa shape index (κ2) is 7.60. The fraction of sp³-hybridized carbons (Fsp3) is 0.625. The first kappa shape index (κ1) is 15.3. The van der Waals surface area contributed by atoms with Crippen molar-refractivity contribution in [3.8, 4) is 5.75 Å². The zero-order valence-electron chi connectivity index (χ0n) is 12.2. The van der Waals surface area contributed by atoms with Crippen molar-refractivity contribution >= 4 is 0 Å². The Morgan fingerprint density at radius 3 is 2.90 bits per heavy atom. The molecule has 1 atom stereocenters. The SMILES string of the molecule is CCCN(Cc1ccc(O)c(F)c1)CC1CCCCN1. The third-order valence-corrected chi connectivity index (χ3v) is 3.85. The van der Waals surface area contributed by atoms with Gasteiger partial charge in [-0.05, 0) is 50.0 Å². The lowest BCUT2D eigenvalue weighted by Gasteiger charge is -2.30. The number of benzene rings is 1. The molecule has 1 unspecified atom stereocenters. The first-order chi connectivity index (χ1) is 9.69. The van der Waals surface area contributed by atoms with Crippen LogP contribution in [0, 0.1) is 5.82 Å². The Morgan fingerprint density at radius 1 is 1.40 bits per heavy atom. The van der Waals surface area contributed by atoms with Crippen molar-refractivity contribution in [2.24, 2.45) is 0 Å². The van der Waals surface area contributed by atoms with Crippen LogP contribution in [0.15, 0.2) is 18.2 Å². The molecule has 1 aliphatic rings. The Labute approximate surface area is 120 Å².